The van der Waals surface area contributed by atoms with Gasteiger partial charge in [-0.1, -0.05) is 24.3 Å². The summed E-state index contributed by atoms with van der Waals surface area (Å²) < 4.78 is 6.22. The van der Waals surface area contributed by atoms with Crippen molar-refractivity contribution in [1.82, 2.24) is 5.32 Å². The molecule has 3 rings (SSSR count). The van der Waals surface area contributed by atoms with Gasteiger partial charge in [0, 0.05) is 0 Å². The van der Waals surface area contributed by atoms with Gasteiger partial charge in [-0.25, -0.2) is 0 Å². The molecule has 0 aromatic heterocycles. The Labute approximate surface area is 103 Å². The van der Waals surface area contributed by atoms with Gasteiger partial charge in [-0.15, -0.1) is 12.4 Å². The van der Waals surface area contributed by atoms with Crippen molar-refractivity contribution in [3.05, 3.63) is 35.4 Å². The van der Waals surface area contributed by atoms with E-state index in [4.69, 9.17) is 4.74 Å². The fourth-order valence-corrected chi connectivity index (χ4v) is 2.95. The van der Waals surface area contributed by atoms with Crippen LogP contribution in [0.3, 0.4) is 0 Å². The number of nitrogens with one attached hydrogen (secondary N) is 1. The number of fused-ring (bicyclic) bond motifs is 2. The van der Waals surface area contributed by atoms with Crippen molar-refractivity contribution in [3.8, 4) is 0 Å². The van der Waals surface area contributed by atoms with Gasteiger partial charge in [0.2, 0.25) is 0 Å². The quantitative estimate of drug-likeness (QED) is 0.752. The molecule has 1 spiro atoms. The number of piperidine rings is 1. The fraction of sp³-hybridized carbons (Fsp3) is 0.538. The van der Waals surface area contributed by atoms with Crippen LogP contribution in [0.1, 0.15) is 37.0 Å². The minimum Gasteiger partial charge on any atom is -0.363 e. The Morgan fingerprint density at radius 3 is 2.69 bits per heavy atom. The van der Waals surface area contributed by atoms with Crippen LogP contribution < -0.4 is 5.32 Å². The van der Waals surface area contributed by atoms with Crippen molar-refractivity contribution >= 4 is 12.4 Å². The molecule has 2 aliphatic heterocycles. The van der Waals surface area contributed by atoms with E-state index in [9.17, 15) is 0 Å². The molecule has 1 fully saturated rings. The summed E-state index contributed by atoms with van der Waals surface area (Å²) in [7, 11) is 0. The monoisotopic (exact) mass is 239 g/mol. The van der Waals surface area contributed by atoms with Gasteiger partial charge in [0.05, 0.1) is 11.7 Å². The molecule has 2 aliphatic rings. The van der Waals surface area contributed by atoms with Crippen LogP contribution in [-0.4, -0.2) is 13.1 Å². The van der Waals surface area contributed by atoms with Crippen LogP contribution >= 0.6 is 12.4 Å². The SMILES string of the molecule is CC1OC2(CCNCC2)c2ccccc21.Cl. The molecule has 0 radical (unpaired) electrons. The summed E-state index contributed by atoms with van der Waals surface area (Å²) in [5, 5.41) is 3.40. The minimum absolute atomic E-state index is 0. The zero-order chi connectivity index (χ0) is 10.3. The third-order valence-electron chi connectivity index (χ3n) is 3.70. The maximum absolute atomic E-state index is 6.22. The Hall–Kier alpha value is -0.570. The van der Waals surface area contributed by atoms with Crippen molar-refractivity contribution < 1.29 is 4.74 Å². The zero-order valence-electron chi connectivity index (χ0n) is 9.53. The van der Waals surface area contributed by atoms with Crippen LogP contribution in [0.5, 0.6) is 0 Å². The van der Waals surface area contributed by atoms with E-state index < -0.39 is 0 Å². The van der Waals surface area contributed by atoms with E-state index in [-0.39, 0.29) is 24.1 Å². The van der Waals surface area contributed by atoms with Crippen molar-refractivity contribution in [2.45, 2.75) is 31.5 Å². The highest BCUT2D eigenvalue weighted by atomic mass is 35.5. The molecule has 88 valence electrons. The molecular weight excluding hydrogens is 222 g/mol. The first-order valence-electron chi connectivity index (χ1n) is 5.80. The molecule has 0 amide bonds. The van der Waals surface area contributed by atoms with E-state index >= 15 is 0 Å². The molecule has 1 atom stereocenters. The number of rotatable bonds is 0. The minimum atomic E-state index is 0. The average molecular weight is 240 g/mol. The van der Waals surface area contributed by atoms with Crippen LogP contribution in [0, 0.1) is 0 Å². The number of ether oxygens (including phenoxy) is 1. The van der Waals surface area contributed by atoms with E-state index in [0.29, 0.717) is 0 Å². The molecule has 2 nitrogen and oxygen atoms in total. The van der Waals surface area contributed by atoms with Gasteiger partial charge >= 0.3 is 0 Å². The summed E-state index contributed by atoms with van der Waals surface area (Å²) in [6.07, 6.45) is 2.47. The Morgan fingerprint density at radius 2 is 1.94 bits per heavy atom. The molecule has 0 aliphatic carbocycles. The lowest BCUT2D eigenvalue weighted by Gasteiger charge is -2.34. The van der Waals surface area contributed by atoms with Gasteiger partial charge in [0.1, 0.15) is 0 Å². The Kier molecular flexibility index (Phi) is 3.24. The molecule has 1 aromatic carbocycles. The van der Waals surface area contributed by atoms with E-state index in [1.165, 1.54) is 11.1 Å². The Morgan fingerprint density at radius 1 is 1.25 bits per heavy atom. The highest BCUT2D eigenvalue weighted by molar-refractivity contribution is 5.85. The van der Waals surface area contributed by atoms with E-state index in [2.05, 4.69) is 36.5 Å². The second-order valence-corrected chi connectivity index (χ2v) is 4.59. The van der Waals surface area contributed by atoms with Crippen molar-refractivity contribution in [1.29, 1.82) is 0 Å². The Bertz CT molecular complexity index is 374. The first-order valence-corrected chi connectivity index (χ1v) is 5.80. The zero-order valence-corrected chi connectivity index (χ0v) is 10.3. The normalized spacial score (nSPS) is 26.2. The van der Waals surface area contributed by atoms with Gasteiger partial charge in [0.25, 0.3) is 0 Å². The summed E-state index contributed by atoms with van der Waals surface area (Å²) >= 11 is 0. The fourth-order valence-electron chi connectivity index (χ4n) is 2.95. The molecule has 1 N–H and O–H groups in total. The van der Waals surface area contributed by atoms with Crippen LogP contribution in [0.4, 0.5) is 0 Å². The number of benzene rings is 1. The second kappa shape index (κ2) is 4.36. The molecule has 1 saturated heterocycles. The summed E-state index contributed by atoms with van der Waals surface area (Å²) in [5.74, 6) is 0. The lowest BCUT2D eigenvalue weighted by Crippen LogP contribution is -2.39. The number of halogens is 1. The molecule has 0 bridgehead atoms. The lowest BCUT2D eigenvalue weighted by molar-refractivity contribution is -0.0875. The lowest BCUT2D eigenvalue weighted by atomic mass is 9.84. The molecule has 0 saturated carbocycles. The number of hydrogen-bond acceptors (Lipinski definition) is 2. The van der Waals surface area contributed by atoms with E-state index in [0.717, 1.165) is 25.9 Å². The summed E-state index contributed by atoms with van der Waals surface area (Å²) in [5.41, 5.74) is 2.83. The van der Waals surface area contributed by atoms with E-state index in [1.807, 2.05) is 0 Å². The van der Waals surface area contributed by atoms with Gasteiger partial charge in [-0.2, -0.15) is 0 Å². The highest BCUT2D eigenvalue weighted by Gasteiger charge is 2.43. The molecule has 1 unspecified atom stereocenters. The third-order valence-corrected chi connectivity index (χ3v) is 3.70. The maximum Gasteiger partial charge on any atom is 0.0967 e. The van der Waals surface area contributed by atoms with Gasteiger partial charge in [0.15, 0.2) is 0 Å². The molecule has 3 heteroatoms. The summed E-state index contributed by atoms with van der Waals surface area (Å²) in [6.45, 7) is 4.30. The average Bonchev–Trinajstić information content (AvgIpc) is 2.55. The van der Waals surface area contributed by atoms with Gasteiger partial charge < -0.3 is 10.1 Å². The molecule has 2 heterocycles. The second-order valence-electron chi connectivity index (χ2n) is 4.59. The van der Waals surface area contributed by atoms with Gasteiger partial charge in [-0.05, 0) is 44.0 Å². The Balaban J connectivity index is 0.000000963. The smallest absolute Gasteiger partial charge is 0.0967 e. The van der Waals surface area contributed by atoms with E-state index in [1.54, 1.807) is 0 Å². The first-order chi connectivity index (χ1) is 7.32. The van der Waals surface area contributed by atoms with Gasteiger partial charge in [-0.3, -0.25) is 0 Å². The standard InChI is InChI=1S/C13H17NO.ClH/c1-10-11-4-2-3-5-12(11)13(15-10)6-8-14-9-7-13;/h2-5,10,14H,6-9H2,1H3;1H. The third kappa shape index (κ3) is 1.65. The molecular formula is C13H18ClNO. The first kappa shape index (κ1) is 11.9. The van der Waals surface area contributed by atoms with Crippen molar-refractivity contribution in [2.75, 3.05) is 13.1 Å². The van der Waals surface area contributed by atoms with Crippen LogP contribution in [-0.2, 0) is 10.3 Å². The highest BCUT2D eigenvalue weighted by Crippen LogP contribution is 2.47. The topological polar surface area (TPSA) is 21.3 Å². The largest absolute Gasteiger partial charge is 0.363 e. The predicted molar refractivity (Wildman–Crippen MR) is 67.0 cm³/mol. The maximum atomic E-state index is 6.22. The summed E-state index contributed by atoms with van der Waals surface area (Å²) in [6, 6.07) is 8.68. The van der Waals surface area contributed by atoms with Crippen molar-refractivity contribution in [2.24, 2.45) is 0 Å². The molecule has 16 heavy (non-hydrogen) atoms. The van der Waals surface area contributed by atoms with Crippen LogP contribution in [0.15, 0.2) is 24.3 Å². The van der Waals surface area contributed by atoms with Crippen molar-refractivity contribution in [3.63, 3.8) is 0 Å². The summed E-state index contributed by atoms with van der Waals surface area (Å²) in [4.78, 5) is 0. The molecule has 1 aromatic rings. The van der Waals surface area contributed by atoms with Crippen LogP contribution in [0.2, 0.25) is 0 Å². The van der Waals surface area contributed by atoms with Crippen LogP contribution in [0.25, 0.3) is 0 Å². The number of hydrogen-bond donors (Lipinski definition) is 1. The predicted octanol–water partition coefficient (Wildman–Crippen LogP) is 2.78.